The molecule has 0 heterocycles. The van der Waals surface area contributed by atoms with Crippen LogP contribution in [0, 0.1) is 18.8 Å². The molecular formula is C35H54N4O10. The summed E-state index contributed by atoms with van der Waals surface area (Å²) in [6.07, 6.45) is 5.83. The minimum absolute atomic E-state index is 0.0783. The highest BCUT2D eigenvalue weighted by atomic mass is 16.6. The summed E-state index contributed by atoms with van der Waals surface area (Å²) in [6.45, 7) is 10.8. The smallest absolute Gasteiger partial charge is 0.411 e. The SMILES string of the molecule is CCCCC(CC)COC(=O)Nc1cc(NC(=O)OC)cc(C)c1O.CCCCC(CC)COC(=O)Nc1ccc(O)c(NC(=O)OC)c1. The lowest BCUT2D eigenvalue weighted by Gasteiger charge is -2.16. The van der Waals surface area contributed by atoms with E-state index < -0.39 is 24.4 Å². The highest BCUT2D eigenvalue weighted by Gasteiger charge is 2.15. The number of carbonyl (C=O) groups is 4. The Labute approximate surface area is 289 Å². The van der Waals surface area contributed by atoms with E-state index in [4.69, 9.17) is 9.47 Å². The number of methoxy groups -OCH3 is 2. The zero-order valence-electron chi connectivity index (χ0n) is 29.8. The molecule has 2 rings (SSSR count). The van der Waals surface area contributed by atoms with Gasteiger partial charge < -0.3 is 29.2 Å². The van der Waals surface area contributed by atoms with Crippen LogP contribution in [0.25, 0.3) is 0 Å². The largest absolute Gasteiger partial charge is 0.506 e. The Bertz CT molecular complexity index is 1340. The van der Waals surface area contributed by atoms with Crippen molar-refractivity contribution < 1.29 is 48.3 Å². The number of unbranched alkanes of at least 4 members (excludes halogenated alkanes) is 2. The fraction of sp³-hybridized carbons (Fsp3) is 0.543. The van der Waals surface area contributed by atoms with Crippen LogP contribution in [0.3, 0.4) is 0 Å². The molecule has 0 saturated carbocycles. The maximum absolute atomic E-state index is 12.0. The van der Waals surface area contributed by atoms with Crippen LogP contribution in [0.1, 0.15) is 84.6 Å². The lowest BCUT2D eigenvalue weighted by molar-refractivity contribution is 0.135. The van der Waals surface area contributed by atoms with Gasteiger partial charge in [-0.3, -0.25) is 21.3 Å². The zero-order valence-corrected chi connectivity index (χ0v) is 29.8. The number of hydrogen-bond donors (Lipinski definition) is 6. The molecule has 14 nitrogen and oxygen atoms in total. The highest BCUT2D eigenvalue weighted by Crippen LogP contribution is 2.31. The van der Waals surface area contributed by atoms with Crippen LogP contribution in [0.5, 0.6) is 11.5 Å². The van der Waals surface area contributed by atoms with Crippen LogP contribution < -0.4 is 21.3 Å². The Hall–Kier alpha value is -4.88. The number of hydrogen-bond acceptors (Lipinski definition) is 10. The number of aromatic hydroxyl groups is 2. The molecular weight excluding hydrogens is 636 g/mol. The van der Waals surface area contributed by atoms with Gasteiger partial charge in [0, 0.05) is 11.4 Å². The van der Waals surface area contributed by atoms with Crippen molar-refractivity contribution in [2.75, 3.05) is 48.7 Å². The summed E-state index contributed by atoms with van der Waals surface area (Å²) in [5.74, 6) is 0.468. The minimum atomic E-state index is -0.716. The normalized spacial score (nSPS) is 11.5. The Balaban J connectivity index is 0.000000490. The first kappa shape index (κ1) is 42.1. The van der Waals surface area contributed by atoms with Crippen molar-refractivity contribution in [1.29, 1.82) is 0 Å². The van der Waals surface area contributed by atoms with E-state index in [-0.39, 0.29) is 22.9 Å². The monoisotopic (exact) mass is 690 g/mol. The molecule has 0 bridgehead atoms. The summed E-state index contributed by atoms with van der Waals surface area (Å²) >= 11 is 0. The van der Waals surface area contributed by atoms with Gasteiger partial charge >= 0.3 is 24.4 Å². The van der Waals surface area contributed by atoms with Gasteiger partial charge in [0.15, 0.2) is 0 Å². The summed E-state index contributed by atoms with van der Waals surface area (Å²) in [4.78, 5) is 46.4. The van der Waals surface area contributed by atoms with Gasteiger partial charge in [-0.25, -0.2) is 19.2 Å². The fourth-order valence-corrected chi connectivity index (χ4v) is 4.47. The first-order valence-electron chi connectivity index (χ1n) is 16.6. The van der Waals surface area contributed by atoms with Crippen molar-refractivity contribution in [2.45, 2.75) is 86.0 Å². The Kier molecular flexibility index (Phi) is 20.2. The van der Waals surface area contributed by atoms with Crippen LogP contribution in [0.2, 0.25) is 0 Å². The van der Waals surface area contributed by atoms with Gasteiger partial charge in [0.25, 0.3) is 0 Å². The maximum Gasteiger partial charge on any atom is 0.411 e. The van der Waals surface area contributed by atoms with E-state index in [1.54, 1.807) is 13.0 Å². The molecule has 274 valence electrons. The summed E-state index contributed by atoms with van der Waals surface area (Å²) in [7, 11) is 2.47. The molecule has 49 heavy (non-hydrogen) atoms. The van der Waals surface area contributed by atoms with Gasteiger partial charge in [0.05, 0.1) is 38.8 Å². The maximum atomic E-state index is 12.0. The Morgan fingerprint density at radius 1 is 0.653 bits per heavy atom. The predicted molar refractivity (Wildman–Crippen MR) is 190 cm³/mol. The van der Waals surface area contributed by atoms with E-state index in [9.17, 15) is 29.4 Å². The first-order chi connectivity index (χ1) is 23.4. The molecule has 4 amide bonds. The first-order valence-corrected chi connectivity index (χ1v) is 16.6. The van der Waals surface area contributed by atoms with Crippen LogP contribution in [0.4, 0.5) is 41.9 Å². The molecule has 0 aliphatic heterocycles. The zero-order chi connectivity index (χ0) is 36.8. The number of aryl methyl sites for hydroxylation is 1. The number of nitrogens with one attached hydrogen (secondary N) is 4. The number of carbonyl (C=O) groups excluding carboxylic acids is 4. The third-order valence-electron chi connectivity index (χ3n) is 7.62. The van der Waals surface area contributed by atoms with Crippen molar-refractivity contribution >= 4 is 47.1 Å². The Morgan fingerprint density at radius 3 is 1.63 bits per heavy atom. The van der Waals surface area contributed by atoms with E-state index in [0.717, 1.165) is 51.4 Å². The van der Waals surface area contributed by atoms with Crippen LogP contribution >= 0.6 is 0 Å². The van der Waals surface area contributed by atoms with Crippen molar-refractivity contribution in [2.24, 2.45) is 11.8 Å². The van der Waals surface area contributed by atoms with E-state index in [1.807, 2.05) is 0 Å². The second-order valence-corrected chi connectivity index (χ2v) is 11.4. The van der Waals surface area contributed by atoms with Gasteiger partial charge in [-0.15, -0.1) is 0 Å². The quantitative estimate of drug-likeness (QED) is 0.0562. The molecule has 0 radical (unpaired) electrons. The number of rotatable bonds is 16. The summed E-state index contributed by atoms with van der Waals surface area (Å²) < 4.78 is 19.5. The highest BCUT2D eigenvalue weighted by molar-refractivity contribution is 5.92. The summed E-state index contributed by atoms with van der Waals surface area (Å²) in [5, 5.41) is 29.7. The van der Waals surface area contributed by atoms with Gasteiger partial charge in [0.2, 0.25) is 0 Å². The number of phenols is 2. The van der Waals surface area contributed by atoms with E-state index >= 15 is 0 Å². The third-order valence-corrected chi connectivity index (χ3v) is 7.62. The lowest BCUT2D eigenvalue weighted by Crippen LogP contribution is -2.19. The standard InChI is InChI=1S/C18H28N2O5.C17H26N2O5/c1-5-7-8-13(6-2)11-25-18(23)20-15-10-14(19-17(22)24-4)9-12(3)16(15)21;1-4-6-7-12(5-2)11-24-17(22)18-13-8-9-15(20)14(10-13)19-16(21)23-3/h9-10,13,21H,5-8,11H2,1-4H3,(H,19,22)(H,20,23);8-10,12,20H,4-7,11H2,1-3H3,(H,18,22)(H,19,21). The van der Waals surface area contributed by atoms with Crippen LogP contribution in [0.15, 0.2) is 30.3 Å². The molecule has 0 aliphatic rings. The number of amides is 4. The number of benzene rings is 2. The molecule has 0 aliphatic carbocycles. The molecule has 2 atom stereocenters. The number of anilines is 4. The average Bonchev–Trinajstić information content (AvgIpc) is 3.08. The lowest BCUT2D eigenvalue weighted by atomic mass is 10.0. The Morgan fingerprint density at radius 2 is 1.12 bits per heavy atom. The third kappa shape index (κ3) is 16.7. The second-order valence-electron chi connectivity index (χ2n) is 11.4. The topological polar surface area (TPSA) is 194 Å². The number of ether oxygens (including phenoxy) is 4. The summed E-state index contributed by atoms with van der Waals surface area (Å²) in [5.41, 5.74) is 1.59. The molecule has 0 spiro atoms. The van der Waals surface area contributed by atoms with Crippen molar-refractivity contribution in [3.8, 4) is 11.5 Å². The molecule has 0 fully saturated rings. The van der Waals surface area contributed by atoms with Crippen molar-refractivity contribution in [1.82, 2.24) is 0 Å². The van der Waals surface area contributed by atoms with E-state index in [2.05, 4.69) is 58.4 Å². The fourth-order valence-electron chi connectivity index (χ4n) is 4.47. The molecule has 2 unspecified atom stereocenters. The number of phenolic OH excluding ortho intramolecular Hbond substituents is 2. The summed E-state index contributed by atoms with van der Waals surface area (Å²) in [6, 6.07) is 7.29. The van der Waals surface area contributed by atoms with E-state index in [0.29, 0.717) is 42.0 Å². The van der Waals surface area contributed by atoms with Gasteiger partial charge in [-0.1, -0.05) is 66.2 Å². The van der Waals surface area contributed by atoms with Gasteiger partial charge in [0.1, 0.15) is 11.5 Å². The minimum Gasteiger partial charge on any atom is -0.506 e. The molecule has 6 N–H and O–H groups in total. The molecule has 0 saturated heterocycles. The molecule has 2 aromatic rings. The second kappa shape index (κ2) is 23.4. The molecule has 0 aromatic heterocycles. The van der Waals surface area contributed by atoms with Crippen molar-refractivity contribution in [3.05, 3.63) is 35.9 Å². The van der Waals surface area contributed by atoms with Gasteiger partial charge in [-0.05, 0) is 67.5 Å². The van der Waals surface area contributed by atoms with Gasteiger partial charge in [-0.2, -0.15) is 0 Å². The van der Waals surface area contributed by atoms with Crippen LogP contribution in [-0.4, -0.2) is 62.0 Å². The van der Waals surface area contributed by atoms with E-state index in [1.165, 1.54) is 38.5 Å². The molecule has 2 aromatic carbocycles. The van der Waals surface area contributed by atoms with Crippen molar-refractivity contribution in [3.63, 3.8) is 0 Å². The predicted octanol–water partition coefficient (Wildman–Crippen LogP) is 8.98. The average molecular weight is 691 g/mol. The molecule has 14 heteroatoms. The van der Waals surface area contributed by atoms with Crippen LogP contribution in [-0.2, 0) is 18.9 Å².